The van der Waals surface area contributed by atoms with Gasteiger partial charge in [0, 0.05) is 37.9 Å². The second-order valence-electron chi connectivity index (χ2n) is 7.92. The Hall–Kier alpha value is -3.56. The highest BCUT2D eigenvalue weighted by atomic mass is 16.2. The number of anilines is 4. The van der Waals surface area contributed by atoms with Gasteiger partial charge < -0.3 is 21.3 Å². The molecule has 0 unspecified atom stereocenters. The SMILES string of the molecule is CCCn1c(N)c(N2CCCCC2)c(=O)n(CC(=O)Nc2cccc(NC(C)=O)c2)c1=O. The highest BCUT2D eigenvalue weighted by Gasteiger charge is 2.24. The Morgan fingerprint density at radius 1 is 1.03 bits per heavy atom. The molecule has 3 rings (SSSR count). The van der Waals surface area contributed by atoms with Gasteiger partial charge in [0.15, 0.2) is 0 Å². The van der Waals surface area contributed by atoms with Crippen molar-refractivity contribution >= 4 is 34.7 Å². The number of carbonyl (C=O) groups is 2. The molecule has 0 saturated carbocycles. The van der Waals surface area contributed by atoms with Gasteiger partial charge in [-0.05, 0) is 43.9 Å². The summed E-state index contributed by atoms with van der Waals surface area (Å²) in [4.78, 5) is 52.1. The van der Waals surface area contributed by atoms with Gasteiger partial charge in [-0.25, -0.2) is 9.36 Å². The topological polar surface area (TPSA) is 131 Å². The van der Waals surface area contributed by atoms with E-state index in [-0.39, 0.29) is 11.7 Å². The zero-order chi connectivity index (χ0) is 23.3. The van der Waals surface area contributed by atoms with Gasteiger partial charge in [0.2, 0.25) is 11.8 Å². The number of hydrogen-bond donors (Lipinski definition) is 3. The summed E-state index contributed by atoms with van der Waals surface area (Å²) in [6.45, 7) is 4.59. The maximum absolute atomic E-state index is 13.2. The van der Waals surface area contributed by atoms with Crippen LogP contribution in [0, 0.1) is 0 Å². The third kappa shape index (κ3) is 5.19. The van der Waals surface area contributed by atoms with E-state index in [0.29, 0.717) is 43.1 Å². The molecule has 2 amide bonds. The van der Waals surface area contributed by atoms with Gasteiger partial charge in [-0.1, -0.05) is 13.0 Å². The minimum absolute atomic E-state index is 0.156. The van der Waals surface area contributed by atoms with Crippen molar-refractivity contribution in [1.82, 2.24) is 9.13 Å². The fourth-order valence-corrected chi connectivity index (χ4v) is 3.92. The van der Waals surface area contributed by atoms with E-state index in [2.05, 4.69) is 10.6 Å². The molecule has 0 radical (unpaired) electrons. The first kappa shape index (κ1) is 23.1. The molecule has 2 heterocycles. The van der Waals surface area contributed by atoms with E-state index < -0.39 is 23.7 Å². The first-order valence-electron chi connectivity index (χ1n) is 10.9. The van der Waals surface area contributed by atoms with Crippen molar-refractivity contribution in [2.75, 3.05) is 34.4 Å². The number of aromatic nitrogens is 2. The van der Waals surface area contributed by atoms with E-state index in [1.165, 1.54) is 11.5 Å². The van der Waals surface area contributed by atoms with E-state index in [1.807, 2.05) is 11.8 Å². The van der Waals surface area contributed by atoms with Crippen LogP contribution in [0.25, 0.3) is 0 Å². The molecular weight excluding hydrogens is 412 g/mol. The summed E-state index contributed by atoms with van der Waals surface area (Å²) in [5, 5.41) is 5.32. The lowest BCUT2D eigenvalue weighted by Gasteiger charge is -2.30. The van der Waals surface area contributed by atoms with Gasteiger partial charge in [0.25, 0.3) is 5.56 Å². The average Bonchev–Trinajstić information content (AvgIpc) is 2.75. The fourth-order valence-electron chi connectivity index (χ4n) is 3.92. The van der Waals surface area contributed by atoms with Crippen molar-refractivity contribution in [2.45, 2.75) is 52.6 Å². The Morgan fingerprint density at radius 2 is 1.69 bits per heavy atom. The summed E-state index contributed by atoms with van der Waals surface area (Å²) in [6, 6.07) is 6.62. The van der Waals surface area contributed by atoms with Crippen molar-refractivity contribution < 1.29 is 9.59 Å². The molecule has 1 fully saturated rings. The molecule has 1 aromatic carbocycles. The second kappa shape index (κ2) is 10.2. The summed E-state index contributed by atoms with van der Waals surface area (Å²) in [7, 11) is 0. The minimum atomic E-state index is -0.600. The van der Waals surface area contributed by atoms with E-state index in [9.17, 15) is 19.2 Å². The molecule has 2 aromatic rings. The molecule has 32 heavy (non-hydrogen) atoms. The Labute approximate surface area is 186 Å². The lowest BCUT2D eigenvalue weighted by atomic mass is 10.1. The summed E-state index contributed by atoms with van der Waals surface area (Å²) in [6.07, 6.45) is 3.62. The zero-order valence-electron chi connectivity index (χ0n) is 18.5. The number of benzene rings is 1. The maximum Gasteiger partial charge on any atom is 0.333 e. The lowest BCUT2D eigenvalue weighted by molar-refractivity contribution is -0.117. The first-order valence-corrected chi connectivity index (χ1v) is 10.9. The number of amides is 2. The fraction of sp³-hybridized carbons (Fsp3) is 0.455. The third-order valence-electron chi connectivity index (χ3n) is 5.33. The Morgan fingerprint density at radius 3 is 2.31 bits per heavy atom. The second-order valence-corrected chi connectivity index (χ2v) is 7.92. The highest BCUT2D eigenvalue weighted by molar-refractivity contribution is 5.93. The highest BCUT2D eigenvalue weighted by Crippen LogP contribution is 2.22. The number of nitrogens with zero attached hydrogens (tertiary/aromatic N) is 3. The summed E-state index contributed by atoms with van der Waals surface area (Å²) in [5.41, 5.74) is 6.36. The molecule has 10 nitrogen and oxygen atoms in total. The normalized spacial score (nSPS) is 13.6. The van der Waals surface area contributed by atoms with E-state index >= 15 is 0 Å². The summed E-state index contributed by atoms with van der Waals surface area (Å²) in [5.74, 6) is -0.603. The van der Waals surface area contributed by atoms with Crippen LogP contribution in [0.2, 0.25) is 0 Å². The van der Waals surface area contributed by atoms with E-state index in [4.69, 9.17) is 5.73 Å². The molecule has 0 bridgehead atoms. The predicted octanol–water partition coefficient (Wildman–Crippen LogP) is 1.59. The van der Waals surface area contributed by atoms with Crippen LogP contribution < -0.4 is 32.5 Å². The number of hydrogen-bond acceptors (Lipinski definition) is 6. The number of nitrogens with two attached hydrogens (primary N) is 1. The number of nitrogens with one attached hydrogen (secondary N) is 2. The van der Waals surface area contributed by atoms with Crippen LogP contribution in [0.3, 0.4) is 0 Å². The zero-order valence-corrected chi connectivity index (χ0v) is 18.5. The van der Waals surface area contributed by atoms with Crippen LogP contribution in [0.1, 0.15) is 39.5 Å². The van der Waals surface area contributed by atoms with Gasteiger partial charge in [0.05, 0.1) is 0 Å². The van der Waals surface area contributed by atoms with Crippen LogP contribution in [-0.2, 0) is 22.7 Å². The van der Waals surface area contributed by atoms with Crippen LogP contribution >= 0.6 is 0 Å². The van der Waals surface area contributed by atoms with Gasteiger partial charge in [-0.2, -0.15) is 0 Å². The quantitative estimate of drug-likeness (QED) is 0.597. The molecule has 1 aromatic heterocycles. The molecule has 0 aliphatic carbocycles. The van der Waals surface area contributed by atoms with Crippen molar-refractivity contribution in [1.29, 1.82) is 0 Å². The van der Waals surface area contributed by atoms with Gasteiger partial charge in [0.1, 0.15) is 18.1 Å². The van der Waals surface area contributed by atoms with Crippen LogP contribution in [0.15, 0.2) is 33.9 Å². The molecule has 1 aliphatic rings. The number of carbonyl (C=O) groups excluding carboxylic acids is 2. The number of piperidine rings is 1. The smallest absolute Gasteiger partial charge is 0.333 e. The molecule has 172 valence electrons. The van der Waals surface area contributed by atoms with Crippen molar-refractivity contribution in [3.8, 4) is 0 Å². The molecule has 1 saturated heterocycles. The lowest BCUT2D eigenvalue weighted by Crippen LogP contribution is -2.47. The molecule has 0 atom stereocenters. The molecule has 4 N–H and O–H groups in total. The molecule has 0 spiro atoms. The Kier molecular flexibility index (Phi) is 7.34. The van der Waals surface area contributed by atoms with Crippen LogP contribution in [0.5, 0.6) is 0 Å². The van der Waals surface area contributed by atoms with Gasteiger partial charge >= 0.3 is 5.69 Å². The summed E-state index contributed by atoms with van der Waals surface area (Å²) >= 11 is 0. The Bertz CT molecular complexity index is 1110. The van der Waals surface area contributed by atoms with Crippen LogP contribution in [-0.4, -0.2) is 34.0 Å². The standard InChI is InChI=1S/C22H30N6O4/c1-3-10-27-20(23)19(26-11-5-4-6-12-26)21(31)28(22(27)32)14-18(30)25-17-9-7-8-16(13-17)24-15(2)29/h7-9,13H,3-6,10-12,14,23H2,1-2H3,(H,24,29)(H,25,30). The molecular formula is C22H30N6O4. The predicted molar refractivity (Wildman–Crippen MR) is 125 cm³/mol. The van der Waals surface area contributed by atoms with Gasteiger partial charge in [-0.15, -0.1) is 0 Å². The summed E-state index contributed by atoms with van der Waals surface area (Å²) < 4.78 is 2.32. The Balaban J connectivity index is 1.92. The van der Waals surface area contributed by atoms with Crippen molar-refractivity contribution in [3.05, 3.63) is 45.1 Å². The van der Waals surface area contributed by atoms with Crippen molar-refractivity contribution in [2.24, 2.45) is 0 Å². The third-order valence-corrected chi connectivity index (χ3v) is 5.33. The molecule has 10 heteroatoms. The van der Waals surface area contributed by atoms with E-state index in [0.717, 1.165) is 23.8 Å². The monoisotopic (exact) mass is 442 g/mol. The first-order chi connectivity index (χ1) is 15.3. The largest absolute Gasteiger partial charge is 0.383 e. The molecule has 1 aliphatic heterocycles. The van der Waals surface area contributed by atoms with Crippen molar-refractivity contribution in [3.63, 3.8) is 0 Å². The maximum atomic E-state index is 13.2. The van der Waals surface area contributed by atoms with E-state index in [1.54, 1.807) is 24.3 Å². The van der Waals surface area contributed by atoms with Crippen LogP contribution in [0.4, 0.5) is 22.9 Å². The number of nitrogen functional groups attached to an aromatic ring is 1. The minimum Gasteiger partial charge on any atom is -0.383 e. The number of rotatable bonds is 7. The van der Waals surface area contributed by atoms with Gasteiger partial charge in [-0.3, -0.25) is 19.0 Å². The average molecular weight is 443 g/mol.